The highest BCUT2D eigenvalue weighted by atomic mass is 35.5. The van der Waals surface area contributed by atoms with Crippen LogP contribution >= 0.6 is 12.4 Å². The van der Waals surface area contributed by atoms with Crippen LogP contribution < -0.4 is 11.1 Å². The Hall–Kier alpha value is -0.320. The van der Waals surface area contributed by atoms with Crippen LogP contribution in [0.4, 0.5) is 0 Å². The molecule has 1 heterocycles. The van der Waals surface area contributed by atoms with E-state index in [0.29, 0.717) is 24.5 Å². The molecule has 1 aliphatic heterocycles. The molecule has 0 aromatic heterocycles. The molecule has 1 amide bonds. The van der Waals surface area contributed by atoms with Crippen molar-refractivity contribution in [1.82, 2.24) is 10.2 Å². The highest BCUT2D eigenvalue weighted by Crippen LogP contribution is 2.22. The van der Waals surface area contributed by atoms with Gasteiger partial charge in [0, 0.05) is 18.6 Å². The van der Waals surface area contributed by atoms with Gasteiger partial charge in [0.1, 0.15) is 0 Å². The summed E-state index contributed by atoms with van der Waals surface area (Å²) in [5, 5.41) is 3.19. The number of amides is 1. The molecule has 0 spiro atoms. The maximum atomic E-state index is 12.0. The smallest absolute Gasteiger partial charge is 0.234 e. The molecular weight excluding hydrogens is 262 g/mol. The monoisotopic (exact) mass is 289 g/mol. The van der Waals surface area contributed by atoms with Crippen molar-refractivity contribution in [3.8, 4) is 0 Å². The van der Waals surface area contributed by atoms with Crippen molar-refractivity contribution < 1.29 is 4.79 Å². The zero-order valence-corrected chi connectivity index (χ0v) is 12.8. The largest absolute Gasteiger partial charge is 0.352 e. The van der Waals surface area contributed by atoms with Crippen molar-refractivity contribution in [2.45, 2.75) is 57.5 Å². The number of nitrogens with two attached hydrogens (primary N) is 1. The topological polar surface area (TPSA) is 58.4 Å². The summed E-state index contributed by atoms with van der Waals surface area (Å²) in [5.74, 6) is 0.772. The molecule has 1 aliphatic carbocycles. The Bertz CT molecular complexity index is 282. The van der Waals surface area contributed by atoms with E-state index in [2.05, 4.69) is 17.1 Å². The lowest BCUT2D eigenvalue weighted by Gasteiger charge is -2.25. The number of likely N-dealkylation sites (tertiary alicyclic amines) is 1. The number of nitrogens with one attached hydrogen (secondary N) is 1. The van der Waals surface area contributed by atoms with Crippen LogP contribution in [0.2, 0.25) is 0 Å². The molecule has 19 heavy (non-hydrogen) atoms. The Morgan fingerprint density at radius 3 is 2.58 bits per heavy atom. The average molecular weight is 290 g/mol. The van der Waals surface area contributed by atoms with Crippen molar-refractivity contribution in [2.24, 2.45) is 11.7 Å². The second-order valence-electron chi connectivity index (χ2n) is 6.02. The third-order valence-corrected chi connectivity index (χ3v) is 4.44. The number of nitrogens with zero attached hydrogens (tertiary/aromatic N) is 1. The minimum atomic E-state index is 0. The van der Waals surface area contributed by atoms with Gasteiger partial charge in [-0.05, 0) is 38.6 Å². The third kappa shape index (κ3) is 4.93. The van der Waals surface area contributed by atoms with E-state index in [1.807, 2.05) is 0 Å². The first kappa shape index (κ1) is 16.7. The Morgan fingerprint density at radius 1 is 1.32 bits per heavy atom. The van der Waals surface area contributed by atoms with Crippen LogP contribution in [0.25, 0.3) is 0 Å². The quantitative estimate of drug-likeness (QED) is 0.825. The maximum absolute atomic E-state index is 12.0. The zero-order chi connectivity index (χ0) is 13.0. The SMILES string of the molecule is CC1CC(CN)CN1CC(=O)NC1CCCCC1.Cl. The average Bonchev–Trinajstić information content (AvgIpc) is 2.71. The van der Waals surface area contributed by atoms with E-state index in [4.69, 9.17) is 5.73 Å². The summed E-state index contributed by atoms with van der Waals surface area (Å²) >= 11 is 0. The molecule has 0 radical (unpaired) electrons. The molecule has 0 aromatic rings. The minimum absolute atomic E-state index is 0. The molecule has 5 heteroatoms. The summed E-state index contributed by atoms with van der Waals surface area (Å²) in [5.41, 5.74) is 5.71. The second kappa shape index (κ2) is 8.08. The molecule has 3 N–H and O–H groups in total. The van der Waals surface area contributed by atoms with Crippen molar-refractivity contribution in [1.29, 1.82) is 0 Å². The summed E-state index contributed by atoms with van der Waals surface area (Å²) < 4.78 is 0. The normalized spacial score (nSPS) is 28.9. The first-order chi connectivity index (χ1) is 8.69. The van der Waals surface area contributed by atoms with Crippen LogP contribution in [0.3, 0.4) is 0 Å². The van der Waals surface area contributed by atoms with Gasteiger partial charge in [-0.2, -0.15) is 0 Å². The molecular formula is C14H28ClN3O. The Morgan fingerprint density at radius 2 is 2.00 bits per heavy atom. The standard InChI is InChI=1S/C14H27N3O.ClH/c1-11-7-12(8-15)9-17(11)10-14(18)16-13-5-3-2-4-6-13;/h11-13H,2-10,15H2,1H3,(H,16,18);1H. The molecule has 112 valence electrons. The van der Waals surface area contributed by atoms with Gasteiger partial charge in [-0.3, -0.25) is 9.69 Å². The predicted octanol–water partition coefficient (Wildman–Crippen LogP) is 1.53. The van der Waals surface area contributed by atoms with Gasteiger partial charge in [-0.1, -0.05) is 19.3 Å². The molecule has 2 rings (SSSR count). The van der Waals surface area contributed by atoms with Crippen molar-refractivity contribution in [2.75, 3.05) is 19.6 Å². The van der Waals surface area contributed by atoms with Gasteiger partial charge in [0.15, 0.2) is 0 Å². The summed E-state index contributed by atoms with van der Waals surface area (Å²) in [7, 11) is 0. The van der Waals surface area contributed by atoms with Gasteiger partial charge in [0.25, 0.3) is 0 Å². The van der Waals surface area contributed by atoms with Crippen LogP contribution in [0.5, 0.6) is 0 Å². The van der Waals surface area contributed by atoms with Crippen LogP contribution in [0, 0.1) is 5.92 Å². The van der Waals surface area contributed by atoms with E-state index in [-0.39, 0.29) is 18.3 Å². The fourth-order valence-electron chi connectivity index (χ4n) is 3.31. The first-order valence-corrected chi connectivity index (χ1v) is 7.42. The van der Waals surface area contributed by atoms with Gasteiger partial charge in [0.2, 0.25) is 5.91 Å². The molecule has 1 saturated heterocycles. The number of hydrogen-bond acceptors (Lipinski definition) is 3. The minimum Gasteiger partial charge on any atom is -0.352 e. The maximum Gasteiger partial charge on any atom is 0.234 e. The van der Waals surface area contributed by atoms with E-state index < -0.39 is 0 Å². The fraction of sp³-hybridized carbons (Fsp3) is 0.929. The van der Waals surface area contributed by atoms with Crippen LogP contribution in [0.1, 0.15) is 45.4 Å². The van der Waals surface area contributed by atoms with E-state index >= 15 is 0 Å². The number of hydrogen-bond donors (Lipinski definition) is 2. The van der Waals surface area contributed by atoms with E-state index in [0.717, 1.165) is 32.4 Å². The Labute approximate surface area is 122 Å². The van der Waals surface area contributed by atoms with Crippen LogP contribution in [-0.2, 0) is 4.79 Å². The highest BCUT2D eigenvalue weighted by molar-refractivity contribution is 5.85. The molecule has 0 aromatic carbocycles. The van der Waals surface area contributed by atoms with Crippen LogP contribution in [0.15, 0.2) is 0 Å². The van der Waals surface area contributed by atoms with Gasteiger partial charge >= 0.3 is 0 Å². The predicted molar refractivity (Wildman–Crippen MR) is 80.5 cm³/mol. The number of carbonyl (C=O) groups excluding carboxylic acids is 1. The summed E-state index contributed by atoms with van der Waals surface area (Å²) in [4.78, 5) is 14.3. The van der Waals surface area contributed by atoms with Crippen molar-refractivity contribution in [3.63, 3.8) is 0 Å². The molecule has 4 nitrogen and oxygen atoms in total. The van der Waals surface area contributed by atoms with Crippen molar-refractivity contribution >= 4 is 18.3 Å². The van der Waals surface area contributed by atoms with Gasteiger partial charge in [-0.15, -0.1) is 12.4 Å². The van der Waals surface area contributed by atoms with Gasteiger partial charge in [0.05, 0.1) is 6.54 Å². The molecule has 2 aliphatic rings. The lowest BCUT2D eigenvalue weighted by atomic mass is 9.95. The van der Waals surface area contributed by atoms with Gasteiger partial charge < -0.3 is 11.1 Å². The van der Waals surface area contributed by atoms with E-state index in [1.54, 1.807) is 0 Å². The summed E-state index contributed by atoms with van der Waals surface area (Å²) in [6.07, 6.45) is 7.31. The van der Waals surface area contributed by atoms with E-state index in [1.165, 1.54) is 19.3 Å². The number of halogens is 1. The van der Waals surface area contributed by atoms with Crippen LogP contribution in [-0.4, -0.2) is 42.5 Å². The molecule has 2 atom stereocenters. The summed E-state index contributed by atoms with van der Waals surface area (Å²) in [6, 6.07) is 0.921. The van der Waals surface area contributed by atoms with Gasteiger partial charge in [-0.25, -0.2) is 0 Å². The van der Waals surface area contributed by atoms with E-state index in [9.17, 15) is 4.79 Å². The zero-order valence-electron chi connectivity index (χ0n) is 11.9. The molecule has 1 saturated carbocycles. The molecule has 0 bridgehead atoms. The molecule has 2 fully saturated rings. The summed E-state index contributed by atoms with van der Waals surface area (Å²) in [6.45, 7) is 4.47. The number of rotatable bonds is 4. The second-order valence-corrected chi connectivity index (χ2v) is 6.02. The Balaban J connectivity index is 0.00000180. The highest BCUT2D eigenvalue weighted by Gasteiger charge is 2.29. The van der Waals surface area contributed by atoms with Crippen molar-refractivity contribution in [3.05, 3.63) is 0 Å². The lowest BCUT2D eigenvalue weighted by molar-refractivity contribution is -0.123. The first-order valence-electron chi connectivity index (χ1n) is 7.42. The molecule has 2 unspecified atom stereocenters. The number of carbonyl (C=O) groups is 1. The lowest BCUT2D eigenvalue weighted by Crippen LogP contribution is -2.43. The third-order valence-electron chi connectivity index (χ3n) is 4.44. The fourth-order valence-corrected chi connectivity index (χ4v) is 3.31. The Kier molecular flexibility index (Phi) is 7.11.